The van der Waals surface area contributed by atoms with Gasteiger partial charge in [0.1, 0.15) is 29.1 Å². The van der Waals surface area contributed by atoms with Gasteiger partial charge in [-0.1, -0.05) is 53.8 Å². The largest absolute Gasteiger partial charge is 0.507 e. The molecule has 11 nitrogen and oxygen atoms in total. The molecule has 0 bridgehead atoms. The third-order valence-electron chi connectivity index (χ3n) is 8.59. The van der Waals surface area contributed by atoms with E-state index in [1.54, 1.807) is 80.0 Å². The number of amides is 3. The molecule has 52 heavy (non-hydrogen) atoms. The quantitative estimate of drug-likeness (QED) is 0.178. The molecule has 3 N–H and O–H groups in total. The average molecular weight is 726 g/mol. The molecule has 1 aliphatic heterocycles. The summed E-state index contributed by atoms with van der Waals surface area (Å²) < 4.78 is 7.16. The topological polar surface area (TPSA) is 137 Å². The normalized spacial score (nSPS) is 14.9. The summed E-state index contributed by atoms with van der Waals surface area (Å²) >= 11 is 6.18. The van der Waals surface area contributed by atoms with Gasteiger partial charge in [0.15, 0.2) is 0 Å². The Bertz CT molecular complexity index is 1940. The molecule has 2 atom stereocenters. The number of anilines is 1. The number of aromatic nitrogens is 2. The number of likely N-dealkylation sites (N-methyl/N-ethyl adjacent to an activating group) is 1. The third-order valence-corrected chi connectivity index (χ3v) is 8.83. The maximum Gasteiger partial charge on any atom is 0.410 e. The molecule has 1 fully saturated rings. The van der Waals surface area contributed by atoms with Gasteiger partial charge in [0.05, 0.1) is 18.7 Å². The van der Waals surface area contributed by atoms with Crippen molar-refractivity contribution >= 4 is 35.2 Å². The average Bonchev–Trinajstić information content (AvgIpc) is 3.52. The summed E-state index contributed by atoms with van der Waals surface area (Å²) in [6, 6.07) is 19.6. The number of likely N-dealkylation sites (tertiary alicyclic amines) is 1. The molecule has 1 saturated heterocycles. The molecular weight excluding hydrogens is 682 g/mol. The van der Waals surface area contributed by atoms with Crippen molar-refractivity contribution in [2.75, 3.05) is 25.5 Å². The Morgan fingerprint density at radius 1 is 1.06 bits per heavy atom. The van der Waals surface area contributed by atoms with Crippen LogP contribution in [0, 0.1) is 11.8 Å². The van der Waals surface area contributed by atoms with Crippen LogP contribution in [0.3, 0.4) is 0 Å². The Hall–Kier alpha value is -5.31. The first-order valence-corrected chi connectivity index (χ1v) is 17.6. The number of ether oxygens (including phenoxy) is 1. The first kappa shape index (κ1) is 37.9. The van der Waals surface area contributed by atoms with Gasteiger partial charge >= 0.3 is 6.09 Å². The molecule has 12 heteroatoms. The number of aliphatic hydroxyl groups is 1. The zero-order chi connectivity index (χ0) is 37.4. The van der Waals surface area contributed by atoms with Crippen molar-refractivity contribution in [2.24, 2.45) is 0 Å². The second-order valence-electron chi connectivity index (χ2n) is 13.7. The lowest BCUT2D eigenvalue weighted by Crippen LogP contribution is -2.57. The molecule has 0 saturated carbocycles. The van der Waals surface area contributed by atoms with E-state index in [1.165, 1.54) is 11.0 Å². The smallest absolute Gasteiger partial charge is 0.410 e. The zero-order valence-corrected chi connectivity index (χ0v) is 30.6. The Balaban J connectivity index is 1.32. The minimum atomic E-state index is -0.873. The van der Waals surface area contributed by atoms with Gasteiger partial charge in [0, 0.05) is 48.0 Å². The van der Waals surface area contributed by atoms with Crippen LogP contribution in [0.4, 0.5) is 10.5 Å². The number of benzene rings is 3. The number of rotatable bonds is 9. The van der Waals surface area contributed by atoms with E-state index in [0.717, 1.165) is 18.4 Å². The second-order valence-corrected chi connectivity index (χ2v) is 14.1. The first-order valence-electron chi connectivity index (χ1n) is 17.2. The fraction of sp³-hybridized carbons (Fsp3) is 0.350. The standard InChI is InChI=1S/C40H44ClN5O6/c1-40(2,3)52-39(51)44(4)34(24-28-10-6-5-7-11-28)38(50)46-21-9-8-12-33(46)37(49)42-31-18-14-27(15-19-31)13-16-29-26-45(22-23-47)43-36(29)32-25-30(41)17-20-35(32)48/h5-7,10-11,14-15,17-20,25-26,33-34,47-48H,8-9,12,21-24H2,1-4H3,(H,42,49). The molecule has 0 aliphatic carbocycles. The maximum atomic E-state index is 14.2. The summed E-state index contributed by atoms with van der Waals surface area (Å²) in [6.07, 6.45) is 3.37. The highest BCUT2D eigenvalue weighted by molar-refractivity contribution is 6.31. The molecule has 1 aromatic heterocycles. The highest BCUT2D eigenvalue weighted by Gasteiger charge is 2.39. The van der Waals surface area contributed by atoms with Crippen molar-refractivity contribution in [1.82, 2.24) is 19.6 Å². The number of halogens is 1. The summed E-state index contributed by atoms with van der Waals surface area (Å²) in [4.78, 5) is 44.1. The van der Waals surface area contributed by atoms with Gasteiger partial charge in [-0.05, 0) is 88.1 Å². The van der Waals surface area contributed by atoms with E-state index < -0.39 is 23.8 Å². The van der Waals surface area contributed by atoms with Crippen LogP contribution in [-0.2, 0) is 27.3 Å². The Labute approximate surface area is 309 Å². The molecule has 2 unspecified atom stereocenters. The summed E-state index contributed by atoms with van der Waals surface area (Å²) in [7, 11) is 1.56. The van der Waals surface area contributed by atoms with Crippen LogP contribution in [0.15, 0.2) is 79.0 Å². The van der Waals surface area contributed by atoms with Crippen molar-refractivity contribution in [2.45, 2.75) is 70.7 Å². The number of carbonyl (C=O) groups excluding carboxylic acids is 3. The van der Waals surface area contributed by atoms with Crippen molar-refractivity contribution in [3.63, 3.8) is 0 Å². The number of carbonyl (C=O) groups is 3. The minimum absolute atomic E-state index is 0.00167. The van der Waals surface area contributed by atoms with Crippen LogP contribution in [0.1, 0.15) is 56.7 Å². The van der Waals surface area contributed by atoms with E-state index in [0.29, 0.717) is 46.1 Å². The third kappa shape index (κ3) is 9.72. The number of hydrogen-bond donors (Lipinski definition) is 3. The fourth-order valence-electron chi connectivity index (χ4n) is 5.98. The van der Waals surface area contributed by atoms with Gasteiger partial charge in [-0.3, -0.25) is 19.2 Å². The van der Waals surface area contributed by atoms with Crippen LogP contribution >= 0.6 is 11.6 Å². The van der Waals surface area contributed by atoms with Crippen LogP contribution in [0.25, 0.3) is 11.3 Å². The van der Waals surface area contributed by atoms with Crippen molar-refractivity contribution in [1.29, 1.82) is 0 Å². The molecule has 4 aromatic rings. The molecule has 0 radical (unpaired) electrons. The molecule has 0 spiro atoms. The van der Waals surface area contributed by atoms with Gasteiger partial charge in [-0.2, -0.15) is 5.10 Å². The van der Waals surface area contributed by atoms with Crippen LogP contribution in [-0.4, -0.2) is 85.6 Å². The van der Waals surface area contributed by atoms with Crippen molar-refractivity contribution in [3.05, 3.63) is 101 Å². The van der Waals surface area contributed by atoms with Crippen LogP contribution in [0.5, 0.6) is 5.75 Å². The number of phenols is 1. The Morgan fingerprint density at radius 2 is 1.79 bits per heavy atom. The summed E-state index contributed by atoms with van der Waals surface area (Å²) in [6.45, 7) is 5.85. The highest BCUT2D eigenvalue weighted by Crippen LogP contribution is 2.33. The van der Waals surface area contributed by atoms with Gasteiger partial charge in [0.2, 0.25) is 11.8 Å². The molecule has 3 aromatic carbocycles. The molecule has 272 valence electrons. The van der Waals surface area contributed by atoms with Gasteiger partial charge in [-0.15, -0.1) is 0 Å². The number of aromatic hydroxyl groups is 1. The van der Waals surface area contributed by atoms with E-state index >= 15 is 0 Å². The van der Waals surface area contributed by atoms with Gasteiger partial charge in [-0.25, -0.2) is 4.79 Å². The number of phenolic OH excluding ortho intramolecular Hbond substituents is 1. The highest BCUT2D eigenvalue weighted by atomic mass is 35.5. The number of hydrogen-bond acceptors (Lipinski definition) is 7. The lowest BCUT2D eigenvalue weighted by atomic mass is 9.97. The molecule has 3 amide bonds. The predicted molar refractivity (Wildman–Crippen MR) is 200 cm³/mol. The van der Waals surface area contributed by atoms with Gasteiger partial charge < -0.3 is 25.2 Å². The van der Waals surface area contributed by atoms with E-state index in [4.69, 9.17) is 16.3 Å². The number of nitrogens with zero attached hydrogens (tertiary/aromatic N) is 4. The van der Waals surface area contributed by atoms with E-state index in [1.807, 2.05) is 30.3 Å². The SMILES string of the molecule is CN(C(=O)OC(C)(C)C)C(Cc1ccccc1)C(=O)N1CCCCC1C(=O)Nc1ccc(C#Cc2cn(CCO)nc2-c2cc(Cl)ccc2O)cc1. The molecule has 1 aliphatic rings. The zero-order valence-electron chi connectivity index (χ0n) is 29.8. The summed E-state index contributed by atoms with van der Waals surface area (Å²) in [5.41, 5.74) is 2.74. The second kappa shape index (κ2) is 16.8. The van der Waals surface area contributed by atoms with E-state index in [2.05, 4.69) is 22.3 Å². The van der Waals surface area contributed by atoms with Gasteiger partial charge in [0.25, 0.3) is 0 Å². The predicted octanol–water partition coefficient (Wildman–Crippen LogP) is 6.10. The Kier molecular flexibility index (Phi) is 12.3. The molecular formula is C40H44ClN5O6. The fourth-order valence-corrected chi connectivity index (χ4v) is 6.15. The maximum absolute atomic E-state index is 14.2. The number of aliphatic hydroxyl groups excluding tert-OH is 1. The van der Waals surface area contributed by atoms with Crippen LogP contribution in [0.2, 0.25) is 5.02 Å². The van der Waals surface area contributed by atoms with Crippen molar-refractivity contribution < 1.29 is 29.3 Å². The molecule has 5 rings (SSSR count). The Morgan fingerprint density at radius 3 is 2.48 bits per heavy atom. The lowest BCUT2D eigenvalue weighted by Gasteiger charge is -2.39. The minimum Gasteiger partial charge on any atom is -0.507 e. The van der Waals surface area contributed by atoms with E-state index in [-0.39, 0.29) is 37.1 Å². The van der Waals surface area contributed by atoms with Crippen molar-refractivity contribution in [3.8, 4) is 28.8 Å². The first-order chi connectivity index (χ1) is 24.8. The number of piperidine rings is 1. The van der Waals surface area contributed by atoms with E-state index in [9.17, 15) is 24.6 Å². The summed E-state index contributed by atoms with van der Waals surface area (Å²) in [5, 5.41) is 27.8. The summed E-state index contributed by atoms with van der Waals surface area (Å²) in [5.74, 6) is 5.59. The van der Waals surface area contributed by atoms with Crippen LogP contribution < -0.4 is 5.32 Å². The monoisotopic (exact) mass is 725 g/mol. The lowest BCUT2D eigenvalue weighted by molar-refractivity contribution is -0.144. The molecule has 2 heterocycles. The number of nitrogens with one attached hydrogen (secondary N) is 1.